The molecule has 2 heterocycles. The molecule has 8 atom stereocenters. The number of phenolic OH excluding ortho intramolecular Hbond substituents is 2. The van der Waals surface area contributed by atoms with Crippen molar-refractivity contribution in [3.8, 4) is 23.0 Å². The molecule has 0 radical (unpaired) electrons. The number of aromatic hydroxyl groups is 2. The van der Waals surface area contributed by atoms with Crippen LogP contribution in [0, 0.1) is 49.4 Å². The number of β-amino-alcohol motifs (C(OH)–C–C–N with tert-alkyl or cyclic N) is 1. The summed E-state index contributed by atoms with van der Waals surface area (Å²) in [5.41, 5.74) is 2.48. The summed E-state index contributed by atoms with van der Waals surface area (Å²) in [4.78, 5) is 73.4. The van der Waals surface area contributed by atoms with Crippen LogP contribution in [0.2, 0.25) is 0 Å². The highest BCUT2D eigenvalue weighted by Crippen LogP contribution is 2.41. The Labute approximate surface area is 526 Å². The molecule has 4 aromatic rings. The summed E-state index contributed by atoms with van der Waals surface area (Å²) in [6, 6.07) is 25.3. The number of carbonyl (C=O) groups excluding carboxylic acids is 6. The van der Waals surface area contributed by atoms with Crippen LogP contribution in [0.4, 0.5) is 0 Å². The molecule has 4 fully saturated rings. The van der Waals surface area contributed by atoms with Gasteiger partial charge in [-0.3, -0.25) is 19.2 Å². The number of amides is 2. The topological polar surface area (TPSA) is 294 Å². The molecule has 2 amide bonds. The summed E-state index contributed by atoms with van der Waals surface area (Å²) in [5, 5.41) is 42.1. The first kappa shape index (κ1) is 71.2. The van der Waals surface area contributed by atoms with E-state index in [-0.39, 0.29) is 90.2 Å². The molecule has 2 aliphatic heterocycles. The number of halogens is 1. The highest BCUT2D eigenvalue weighted by Gasteiger charge is 2.45. The van der Waals surface area contributed by atoms with Crippen LogP contribution >= 0.6 is 11.6 Å². The number of aryl methyl sites for hydroxylation is 2. The number of nitrogens with one attached hydrogen (secondary N) is 4. The first-order chi connectivity index (χ1) is 42.5. The van der Waals surface area contributed by atoms with E-state index in [1.54, 1.807) is 40.2 Å². The fraction of sp³-hybridized carbons (Fsp3) is 0.545. The maximum absolute atomic E-state index is 13.1. The van der Waals surface area contributed by atoms with Gasteiger partial charge in [-0.15, -0.1) is 0 Å². The molecule has 4 aromatic carbocycles. The number of rotatable bonds is 31. The van der Waals surface area contributed by atoms with Crippen LogP contribution in [0.15, 0.2) is 84.9 Å². The number of hydrogen-bond acceptors (Lipinski definition) is 20. The number of phenols is 2. The Bertz CT molecular complexity index is 2940. The maximum Gasteiger partial charge on any atom is 0.338 e. The monoisotopic (exact) mass is 1260 g/mol. The van der Waals surface area contributed by atoms with Crippen molar-refractivity contribution in [1.82, 2.24) is 21.3 Å². The van der Waals surface area contributed by atoms with Crippen LogP contribution < -0.4 is 30.7 Å². The van der Waals surface area contributed by atoms with E-state index in [0.29, 0.717) is 113 Å². The molecule has 7 N–H and O–H groups in total. The Hall–Kier alpha value is -6.89. The molecule has 23 heteroatoms. The smallest absolute Gasteiger partial charge is 0.338 e. The molecule has 8 unspecified atom stereocenters. The second-order valence-corrected chi connectivity index (χ2v) is 24.6. The van der Waals surface area contributed by atoms with Gasteiger partial charge in [-0.1, -0.05) is 60.7 Å². The van der Waals surface area contributed by atoms with Gasteiger partial charge < -0.3 is 79.2 Å². The van der Waals surface area contributed by atoms with Gasteiger partial charge in [0.25, 0.3) is 0 Å². The fourth-order valence-electron chi connectivity index (χ4n) is 9.58. The van der Waals surface area contributed by atoms with E-state index in [9.17, 15) is 44.1 Å². The number of ether oxygens (including phenoxy) is 9. The second-order valence-electron chi connectivity index (χ2n) is 24.2. The van der Waals surface area contributed by atoms with Crippen LogP contribution in [0.5, 0.6) is 23.0 Å². The number of hydrogen-bond donors (Lipinski definition) is 7. The molecule has 2 saturated heterocycles. The van der Waals surface area contributed by atoms with Gasteiger partial charge in [0.15, 0.2) is 23.0 Å². The minimum Gasteiger partial charge on any atom is -0.504 e. The molecule has 0 aromatic heterocycles. The number of carbonyl (C=O) groups is 6. The molecule has 4 aliphatic rings. The van der Waals surface area contributed by atoms with E-state index >= 15 is 0 Å². The van der Waals surface area contributed by atoms with Crippen LogP contribution in [0.25, 0.3) is 0 Å². The fourth-order valence-corrected chi connectivity index (χ4v) is 9.84. The minimum absolute atomic E-state index is 0.0270. The van der Waals surface area contributed by atoms with Gasteiger partial charge in [0.05, 0.1) is 42.1 Å². The van der Waals surface area contributed by atoms with Gasteiger partial charge in [0.2, 0.25) is 17.1 Å². The zero-order chi connectivity index (χ0) is 64.7. The van der Waals surface area contributed by atoms with E-state index in [1.807, 2.05) is 88.4 Å². The summed E-state index contributed by atoms with van der Waals surface area (Å²) in [6.45, 7) is 15.6. The number of esters is 3. The molecule has 22 nitrogen and oxygen atoms in total. The third-order valence-corrected chi connectivity index (χ3v) is 15.7. The lowest BCUT2D eigenvalue weighted by Crippen LogP contribution is -2.53. The normalized spacial score (nSPS) is 19.8. The zero-order valence-electron chi connectivity index (χ0n) is 52.3. The molecule has 0 spiro atoms. The highest BCUT2D eigenvalue weighted by atomic mass is 35.5. The van der Waals surface area contributed by atoms with Crippen molar-refractivity contribution in [2.75, 3.05) is 93.3 Å². The number of aliphatic hydroxyl groups is 1. The molecular weight excluding hydrogens is 1170 g/mol. The largest absolute Gasteiger partial charge is 0.504 e. The van der Waals surface area contributed by atoms with E-state index in [1.165, 1.54) is 6.07 Å². The average molecular weight is 1260 g/mol. The Morgan fingerprint density at radius 2 is 1.09 bits per heavy atom. The van der Waals surface area contributed by atoms with Gasteiger partial charge in [-0.25, -0.2) is 9.59 Å². The highest BCUT2D eigenvalue weighted by molar-refractivity contribution is 6.64. The molecule has 2 saturated carbocycles. The van der Waals surface area contributed by atoms with Crippen molar-refractivity contribution in [3.05, 3.63) is 118 Å². The first-order valence-electron chi connectivity index (χ1n) is 30.1. The Morgan fingerprint density at radius 1 is 0.629 bits per heavy atom. The van der Waals surface area contributed by atoms with E-state index < -0.39 is 41.0 Å². The van der Waals surface area contributed by atoms with Crippen molar-refractivity contribution in [1.29, 1.82) is 0 Å². The predicted molar refractivity (Wildman–Crippen MR) is 330 cm³/mol. The molecule has 89 heavy (non-hydrogen) atoms. The lowest BCUT2D eigenvalue weighted by molar-refractivity contribution is -0.153. The summed E-state index contributed by atoms with van der Waals surface area (Å²) >= 11 is 5.21. The van der Waals surface area contributed by atoms with E-state index in [2.05, 4.69) is 21.3 Å². The summed E-state index contributed by atoms with van der Waals surface area (Å²) in [5.74, 6) is -1.49. The summed E-state index contributed by atoms with van der Waals surface area (Å²) < 4.78 is 49.3. The molecule has 0 bridgehead atoms. The van der Waals surface area contributed by atoms with E-state index in [4.69, 9.17) is 54.2 Å². The van der Waals surface area contributed by atoms with Gasteiger partial charge in [-0.05, 0) is 137 Å². The van der Waals surface area contributed by atoms with Crippen molar-refractivity contribution >= 4 is 46.6 Å². The standard InChI is InChI=1S/C34H42N2O7.C26H38N2O9.C6H9ClO2/c1-24-16-30(41-19-25-10-6-4-7-11-25)31(42-20-26-12-8-5-9-13-26)17-29(24)33(39)43-22-28(37)18-36-34(2,3)23-35-32(38)27-14-15-40-21-27;1-15-7-21(29)22(30)9-19(15)24(32)36-13-18(37-25(33)20-8-17(20)11-34-4)10-28-26(2,3)14-27-23(31)16-5-6-35-12-16;1-9-3-4-2-5(4)6(7)8/h4-13,16-17,27-28,36-37H,14-15,18-23H2,1-3H3,(H,35,38);7,9,16-18,20,28-30H,5-6,8,10-14H2,1-4H3,(H,27,31);4-5H,2-3H2,1H3. The lowest BCUT2D eigenvalue weighted by atomic mass is 10.0. The lowest BCUT2D eigenvalue weighted by Gasteiger charge is -2.29. The van der Waals surface area contributed by atoms with E-state index in [0.717, 1.165) is 30.0 Å². The van der Waals surface area contributed by atoms with Gasteiger partial charge in [0, 0.05) is 83.8 Å². The quantitative estimate of drug-likeness (QED) is 0.0122. The van der Waals surface area contributed by atoms with Crippen molar-refractivity contribution in [3.63, 3.8) is 0 Å². The molecule has 488 valence electrons. The SMILES string of the molecule is COCC1CC1C(=O)Cl.COCC1CC1C(=O)OC(CNC(C)(C)CNC(=O)C1CCOC1)COC(=O)c1cc(O)c(O)cc1C.Cc1cc(OCc2ccccc2)c(OCc2ccccc2)cc1C(=O)OCC(O)CNC(C)(C)CNC(=O)C1CCOC1. The van der Waals surface area contributed by atoms with Crippen molar-refractivity contribution < 1.29 is 86.7 Å². The minimum atomic E-state index is -0.940. The van der Waals surface area contributed by atoms with Crippen LogP contribution in [-0.2, 0) is 65.5 Å². The number of benzene rings is 4. The predicted octanol–water partition coefficient (Wildman–Crippen LogP) is 6.50. The van der Waals surface area contributed by atoms with Crippen LogP contribution in [0.3, 0.4) is 0 Å². The maximum atomic E-state index is 13.1. The Kier molecular flexibility index (Phi) is 27.9. The average Bonchev–Trinajstić information content (AvgIpc) is 2.19. The number of methoxy groups -OCH3 is 2. The zero-order valence-corrected chi connectivity index (χ0v) is 53.0. The Balaban J connectivity index is 0.000000250. The third kappa shape index (κ3) is 24.1. The van der Waals surface area contributed by atoms with Gasteiger partial charge in [-0.2, -0.15) is 0 Å². The van der Waals surface area contributed by atoms with Crippen LogP contribution in [-0.4, -0.2) is 167 Å². The summed E-state index contributed by atoms with van der Waals surface area (Å²) in [7, 11) is 3.21. The van der Waals surface area contributed by atoms with Gasteiger partial charge >= 0.3 is 17.9 Å². The third-order valence-electron chi connectivity index (χ3n) is 15.5. The van der Waals surface area contributed by atoms with Crippen molar-refractivity contribution in [2.45, 2.75) is 104 Å². The molecular formula is C66H89ClN4O18. The molecule has 8 rings (SSSR count). The second kappa shape index (κ2) is 34.9. The Morgan fingerprint density at radius 3 is 1.58 bits per heavy atom. The molecule has 2 aliphatic carbocycles. The first-order valence-corrected chi connectivity index (χ1v) is 30.5. The number of aliphatic hydroxyl groups excluding tert-OH is 1. The van der Waals surface area contributed by atoms with Crippen molar-refractivity contribution in [2.24, 2.45) is 35.5 Å². The van der Waals surface area contributed by atoms with Gasteiger partial charge in [0.1, 0.15) is 38.6 Å². The van der Waals surface area contributed by atoms with Crippen LogP contribution in [0.1, 0.15) is 96.3 Å². The summed E-state index contributed by atoms with van der Waals surface area (Å²) in [6.07, 6.45) is 1.30.